The third kappa shape index (κ3) is 4.49. The second kappa shape index (κ2) is 8.53. The van der Waals surface area contributed by atoms with E-state index in [-0.39, 0.29) is 6.61 Å². The van der Waals surface area contributed by atoms with Crippen molar-refractivity contribution < 1.29 is 19.1 Å². The van der Waals surface area contributed by atoms with Crippen molar-refractivity contribution >= 4 is 11.9 Å². The van der Waals surface area contributed by atoms with E-state index in [1.165, 1.54) is 7.11 Å². The molecule has 0 aromatic heterocycles. The van der Waals surface area contributed by atoms with Crippen LogP contribution in [-0.4, -0.2) is 49.7 Å². The van der Waals surface area contributed by atoms with Crippen molar-refractivity contribution in [3.63, 3.8) is 0 Å². The third-order valence-corrected chi connectivity index (χ3v) is 3.00. The Morgan fingerprint density at radius 2 is 1.75 bits per heavy atom. The highest BCUT2D eigenvalue weighted by molar-refractivity contribution is 5.87. The van der Waals surface area contributed by atoms with Gasteiger partial charge in [-0.1, -0.05) is 12.2 Å². The number of carbonyl (C=O) groups excluding carboxylic acids is 2. The molecule has 0 fully saturated rings. The number of hydrogen-bond acceptors (Lipinski definition) is 5. The van der Waals surface area contributed by atoms with Crippen molar-refractivity contribution in [3.8, 4) is 0 Å². The number of esters is 2. The first kappa shape index (κ1) is 18.4. The van der Waals surface area contributed by atoms with Crippen LogP contribution in [0.4, 0.5) is 0 Å². The van der Waals surface area contributed by atoms with E-state index in [0.29, 0.717) is 13.1 Å². The summed E-state index contributed by atoms with van der Waals surface area (Å²) in [5.74, 6) is -0.916. The van der Waals surface area contributed by atoms with E-state index in [9.17, 15) is 9.59 Å². The van der Waals surface area contributed by atoms with Crippen LogP contribution >= 0.6 is 0 Å². The first-order valence-corrected chi connectivity index (χ1v) is 6.57. The van der Waals surface area contributed by atoms with Crippen LogP contribution in [0.15, 0.2) is 25.3 Å². The SMILES string of the molecule is C=CCN(CC=C)C(C(=O)OC)C(C)(C)C(=O)OCC. The summed E-state index contributed by atoms with van der Waals surface area (Å²) in [5.41, 5.74) is -1.03. The predicted octanol–water partition coefficient (Wildman–Crippen LogP) is 1.79. The maximum absolute atomic E-state index is 12.1. The Labute approximate surface area is 121 Å². The molecule has 0 aliphatic carbocycles. The smallest absolute Gasteiger partial charge is 0.324 e. The summed E-state index contributed by atoms with van der Waals surface area (Å²) < 4.78 is 9.91. The quantitative estimate of drug-likeness (QED) is 0.477. The van der Waals surface area contributed by atoms with E-state index in [0.717, 1.165) is 0 Å². The molecule has 0 spiro atoms. The molecule has 0 rings (SSSR count). The zero-order chi connectivity index (χ0) is 15.8. The average molecular weight is 283 g/mol. The fourth-order valence-corrected chi connectivity index (χ4v) is 2.06. The average Bonchev–Trinajstić information content (AvgIpc) is 2.39. The molecule has 0 heterocycles. The summed E-state index contributed by atoms with van der Waals surface area (Å²) in [5, 5.41) is 0. The van der Waals surface area contributed by atoms with Crippen molar-refractivity contribution in [1.82, 2.24) is 4.90 Å². The van der Waals surface area contributed by atoms with Gasteiger partial charge >= 0.3 is 11.9 Å². The molecular formula is C15H25NO4. The predicted molar refractivity (Wildman–Crippen MR) is 78.2 cm³/mol. The lowest BCUT2D eigenvalue weighted by Crippen LogP contribution is -2.54. The van der Waals surface area contributed by atoms with Crippen molar-refractivity contribution in [3.05, 3.63) is 25.3 Å². The summed E-state index contributed by atoms with van der Waals surface area (Å²) in [6, 6.07) is -0.762. The Hall–Kier alpha value is -1.62. The maximum atomic E-state index is 12.1. The highest BCUT2D eigenvalue weighted by atomic mass is 16.5. The Bertz CT molecular complexity index is 353. The van der Waals surface area contributed by atoms with Gasteiger partial charge in [0.05, 0.1) is 19.1 Å². The first-order valence-electron chi connectivity index (χ1n) is 6.57. The monoisotopic (exact) mass is 283 g/mol. The minimum Gasteiger partial charge on any atom is -0.468 e. The van der Waals surface area contributed by atoms with Gasteiger partial charge in [0.2, 0.25) is 0 Å². The summed E-state index contributed by atoms with van der Waals surface area (Å²) in [7, 11) is 1.30. The molecular weight excluding hydrogens is 258 g/mol. The molecule has 20 heavy (non-hydrogen) atoms. The molecule has 0 radical (unpaired) electrons. The van der Waals surface area contributed by atoms with E-state index in [1.54, 1.807) is 37.8 Å². The fourth-order valence-electron chi connectivity index (χ4n) is 2.06. The Morgan fingerprint density at radius 3 is 2.10 bits per heavy atom. The lowest BCUT2D eigenvalue weighted by Gasteiger charge is -2.37. The number of carbonyl (C=O) groups is 2. The summed E-state index contributed by atoms with van der Waals surface area (Å²) in [6.45, 7) is 13.6. The minimum absolute atomic E-state index is 0.263. The number of nitrogens with zero attached hydrogens (tertiary/aromatic N) is 1. The van der Waals surface area contributed by atoms with Crippen LogP contribution in [0.1, 0.15) is 20.8 Å². The highest BCUT2D eigenvalue weighted by Gasteiger charge is 2.46. The molecule has 0 saturated heterocycles. The topological polar surface area (TPSA) is 55.8 Å². The van der Waals surface area contributed by atoms with Crippen LogP contribution in [0.25, 0.3) is 0 Å². The molecule has 0 aromatic rings. The number of methoxy groups -OCH3 is 1. The van der Waals surface area contributed by atoms with Gasteiger partial charge in [0.15, 0.2) is 0 Å². The second-order valence-electron chi connectivity index (χ2n) is 4.90. The van der Waals surface area contributed by atoms with E-state index < -0.39 is 23.4 Å². The van der Waals surface area contributed by atoms with Crippen molar-refractivity contribution in [2.45, 2.75) is 26.8 Å². The lowest BCUT2D eigenvalue weighted by molar-refractivity contribution is -0.167. The van der Waals surface area contributed by atoms with E-state index in [4.69, 9.17) is 9.47 Å². The van der Waals surface area contributed by atoms with Crippen molar-refractivity contribution in [1.29, 1.82) is 0 Å². The van der Waals surface area contributed by atoms with Crippen molar-refractivity contribution in [2.75, 3.05) is 26.8 Å². The van der Waals surface area contributed by atoms with E-state index >= 15 is 0 Å². The van der Waals surface area contributed by atoms with E-state index in [2.05, 4.69) is 13.2 Å². The van der Waals surface area contributed by atoms with Crippen molar-refractivity contribution in [2.24, 2.45) is 5.41 Å². The third-order valence-electron chi connectivity index (χ3n) is 3.00. The molecule has 0 bridgehead atoms. The molecule has 0 amide bonds. The molecule has 0 saturated carbocycles. The Morgan fingerprint density at radius 1 is 1.25 bits per heavy atom. The van der Waals surface area contributed by atoms with Gasteiger partial charge in [-0.3, -0.25) is 14.5 Å². The van der Waals surface area contributed by atoms with Gasteiger partial charge in [-0.15, -0.1) is 13.2 Å². The first-order chi connectivity index (χ1) is 9.36. The summed E-state index contributed by atoms with van der Waals surface area (Å²) in [4.78, 5) is 26.0. The molecule has 114 valence electrons. The van der Waals surface area contributed by atoms with Gasteiger partial charge in [0.1, 0.15) is 6.04 Å². The number of rotatable bonds is 9. The zero-order valence-electron chi connectivity index (χ0n) is 12.8. The second-order valence-corrected chi connectivity index (χ2v) is 4.90. The van der Waals surface area contributed by atoms with Gasteiger partial charge in [0.25, 0.3) is 0 Å². The Balaban J connectivity index is 5.50. The lowest BCUT2D eigenvalue weighted by atomic mass is 9.83. The van der Waals surface area contributed by atoms with Crippen LogP contribution < -0.4 is 0 Å². The molecule has 5 heteroatoms. The molecule has 0 aliphatic rings. The normalized spacial score (nSPS) is 12.7. The van der Waals surface area contributed by atoms with E-state index in [1.807, 2.05) is 0 Å². The molecule has 1 atom stereocenters. The zero-order valence-corrected chi connectivity index (χ0v) is 12.8. The van der Waals surface area contributed by atoms with Gasteiger partial charge in [-0.2, -0.15) is 0 Å². The largest absolute Gasteiger partial charge is 0.468 e. The Kier molecular flexibility index (Phi) is 7.84. The van der Waals surface area contributed by atoms with Crippen LogP contribution in [0.3, 0.4) is 0 Å². The van der Waals surface area contributed by atoms with Gasteiger partial charge in [-0.25, -0.2) is 0 Å². The molecule has 0 aliphatic heterocycles. The van der Waals surface area contributed by atoms with Crippen LogP contribution in [0, 0.1) is 5.41 Å². The van der Waals surface area contributed by atoms with Gasteiger partial charge < -0.3 is 9.47 Å². The van der Waals surface area contributed by atoms with Crippen LogP contribution in [0.2, 0.25) is 0 Å². The highest BCUT2D eigenvalue weighted by Crippen LogP contribution is 2.28. The fraction of sp³-hybridized carbons (Fsp3) is 0.600. The van der Waals surface area contributed by atoms with Crippen LogP contribution in [-0.2, 0) is 19.1 Å². The van der Waals surface area contributed by atoms with Gasteiger partial charge in [-0.05, 0) is 20.8 Å². The van der Waals surface area contributed by atoms with Crippen LogP contribution in [0.5, 0.6) is 0 Å². The summed E-state index contributed by atoms with van der Waals surface area (Å²) >= 11 is 0. The molecule has 1 unspecified atom stereocenters. The standard InChI is InChI=1S/C15H25NO4/c1-7-10-16(11-8-2)12(13(17)19-6)15(4,5)14(18)20-9-3/h7-8,12H,1-2,9-11H2,3-6H3. The minimum atomic E-state index is -1.03. The summed E-state index contributed by atoms with van der Waals surface area (Å²) in [6.07, 6.45) is 3.33. The number of hydrogen-bond donors (Lipinski definition) is 0. The maximum Gasteiger partial charge on any atom is 0.324 e. The molecule has 0 aromatic carbocycles. The molecule has 0 N–H and O–H groups in total. The van der Waals surface area contributed by atoms with Gasteiger partial charge in [0, 0.05) is 13.1 Å². The molecule has 5 nitrogen and oxygen atoms in total. The number of ether oxygens (including phenoxy) is 2.